The highest BCUT2D eigenvalue weighted by atomic mass is 35.5. The Morgan fingerprint density at radius 2 is 0.788 bits per heavy atom. The Kier molecular flexibility index (Phi) is 32.3. The van der Waals surface area contributed by atoms with Crippen LogP contribution in [0.2, 0.25) is 5.15 Å². The van der Waals surface area contributed by atoms with Crippen LogP contribution in [-0.4, -0.2) is 197 Å². The number of carbonyl (C=O) groups is 5. The Hall–Kier alpha value is -12.9. The molecule has 6 aromatic heterocycles. The lowest BCUT2D eigenvalue weighted by Gasteiger charge is -2.28. The second-order valence-electron chi connectivity index (χ2n) is 33.8. The summed E-state index contributed by atoms with van der Waals surface area (Å²) >= 11 is 6.29. The number of rotatable bonds is 12. The van der Waals surface area contributed by atoms with Crippen molar-refractivity contribution in [3.8, 4) is 69.4 Å². The molecule has 4 N–H and O–H groups in total. The number of benzene rings is 3. The number of amides is 5. The third-order valence-corrected chi connectivity index (χ3v) is 21.7. The molecule has 9 aromatic rings. The quantitative estimate of drug-likeness (QED) is 0.0503. The third-order valence-electron chi connectivity index (χ3n) is 21.5. The zero-order valence-electron chi connectivity index (χ0n) is 74.3. The van der Waals surface area contributed by atoms with E-state index in [0.717, 1.165) is 144 Å². The van der Waals surface area contributed by atoms with Gasteiger partial charge in [0.2, 0.25) is 0 Å². The molecule has 6 aliphatic heterocycles. The van der Waals surface area contributed by atoms with Crippen LogP contribution in [0, 0.1) is 56.8 Å². The standard InChI is InChI=1S/C34H36F3N5O4.C29H28F3N5O2.C23H20ClF3N4O2.C11H17NO2/c1-22-7-8-26(40-31(43)23-11-12-38-29(19-23)34(35,36)37)21-28(22)24-18-25(39-30(20-24)41-14-16-45-17-15-41)9-10-27-6-5-13-42(27)32(44)46-33(2,3)4;1-19-4-5-24(36-28(38)20-8-10-34-26(16-20)29(30,31)32)18-25(19)21-15-23(7-6-22-3-2-9-33-22)35-27(17-21)37-11-13-39-14-12-37;1-14-2-3-17(29-22(32)15-4-5-28-19(10-15)23(25,26)27)13-18(14)16-11-20(24)30-21(12-16)31-6-8-33-9-7-31;1-5-9-7-6-8-12(9)10(13)14-11(2,3)4/h7-8,11-12,18-21,27H,5-6,13-17H2,1-4H3,(H,40,43);4-5,8,10,15-18,22,33H,2-3,9,11-14H2,1H3,(H,36,38);2-5,10-13H,6-9H2,1H3,(H,29,32);1,9H,6-8H2,2-4H3/t27-;22-;;9-/m00.1/s1. The van der Waals surface area contributed by atoms with Crippen LogP contribution in [0.5, 0.6) is 0 Å². The molecular formula is C97H101ClF9N15O10. The number of hydrogen-bond donors (Lipinski definition) is 4. The number of aromatic nitrogens is 6. The summed E-state index contributed by atoms with van der Waals surface area (Å²) in [5.74, 6) is 15.8. The number of anilines is 6. The highest BCUT2D eigenvalue weighted by Gasteiger charge is 2.38. The van der Waals surface area contributed by atoms with Crippen LogP contribution in [0.1, 0.15) is 156 Å². The smallest absolute Gasteiger partial charge is 0.433 e. The lowest BCUT2D eigenvalue weighted by molar-refractivity contribution is -0.142. The van der Waals surface area contributed by atoms with Crippen LogP contribution in [0.3, 0.4) is 0 Å². The van der Waals surface area contributed by atoms with Crippen molar-refractivity contribution in [1.82, 2.24) is 45.0 Å². The first-order valence-electron chi connectivity index (χ1n) is 43.0. The molecular weight excluding hydrogens is 1740 g/mol. The zero-order valence-corrected chi connectivity index (χ0v) is 75.1. The fourth-order valence-corrected chi connectivity index (χ4v) is 15.1. The average molecular weight is 1840 g/mol. The van der Waals surface area contributed by atoms with E-state index in [1.165, 1.54) is 18.2 Å². The van der Waals surface area contributed by atoms with E-state index in [1.807, 2.05) is 117 Å². The Balaban J connectivity index is 0.000000168. The Morgan fingerprint density at radius 3 is 1.14 bits per heavy atom. The number of morpholine rings is 3. The number of aryl methyl sites for hydroxylation is 3. The van der Waals surface area contributed by atoms with Crippen molar-refractivity contribution in [1.29, 1.82) is 0 Å². The molecule has 0 radical (unpaired) electrons. The van der Waals surface area contributed by atoms with Crippen molar-refractivity contribution < 1.29 is 87.2 Å². The third kappa shape index (κ3) is 27.6. The SMILES string of the molecule is C#C[C@@H]1CCCN1C(=O)OC(C)(C)C.Cc1ccc(NC(=O)c2ccnc(C(F)(F)F)c2)cc1-c1cc(C#C[C@@H]2CCCN2)nc(N2CCOCC2)c1.Cc1ccc(NC(=O)c2ccnc(C(F)(F)F)c2)cc1-c1cc(C#C[C@@H]2CCCN2C(=O)OC(C)(C)C)nc(N2CCOCC2)c1.Cc1ccc(NC(=O)c2ccnc(C(F)(F)F)c2)cc1-c1cc(Cl)nc(N2CCOCC2)c1. The van der Waals surface area contributed by atoms with Crippen molar-refractivity contribution in [3.63, 3.8) is 0 Å². The van der Waals surface area contributed by atoms with Crippen molar-refractivity contribution in [3.05, 3.63) is 213 Å². The maximum atomic E-state index is 13.2. The zero-order chi connectivity index (χ0) is 94.8. The number of carbonyl (C=O) groups excluding carboxylic acids is 5. The maximum absolute atomic E-state index is 13.2. The molecule has 25 nitrogen and oxygen atoms in total. The largest absolute Gasteiger partial charge is 0.444 e. The molecule has 0 bridgehead atoms. The number of halogens is 10. The van der Waals surface area contributed by atoms with Gasteiger partial charge in [0, 0.05) is 105 Å². The Morgan fingerprint density at radius 1 is 0.439 bits per heavy atom. The summed E-state index contributed by atoms with van der Waals surface area (Å²) in [6.45, 7) is 26.8. The van der Waals surface area contributed by atoms with Crippen molar-refractivity contribution in [2.75, 3.05) is 129 Å². The van der Waals surface area contributed by atoms with Crippen LogP contribution in [0.15, 0.2) is 146 Å². The molecule has 3 atom stereocenters. The monoisotopic (exact) mass is 1840 g/mol. The van der Waals surface area contributed by atoms with Gasteiger partial charge < -0.3 is 59.7 Å². The van der Waals surface area contributed by atoms with Gasteiger partial charge in [0.1, 0.15) is 62.3 Å². The predicted octanol–water partition coefficient (Wildman–Crippen LogP) is 18.2. The van der Waals surface area contributed by atoms with E-state index < -0.39 is 70.6 Å². The maximum Gasteiger partial charge on any atom is 0.433 e. The van der Waals surface area contributed by atoms with E-state index in [9.17, 15) is 63.5 Å². The molecule has 5 amide bonds. The van der Waals surface area contributed by atoms with Crippen LogP contribution < -0.4 is 36.0 Å². The van der Waals surface area contributed by atoms with E-state index in [-0.39, 0.29) is 40.9 Å². The van der Waals surface area contributed by atoms with E-state index in [0.29, 0.717) is 131 Å². The van der Waals surface area contributed by atoms with Gasteiger partial charge in [0.25, 0.3) is 17.7 Å². The van der Waals surface area contributed by atoms with E-state index >= 15 is 0 Å². The van der Waals surface area contributed by atoms with Crippen LogP contribution in [0.4, 0.5) is 83.6 Å². The number of ether oxygens (including phenoxy) is 5. The van der Waals surface area contributed by atoms with Gasteiger partial charge in [-0.05, 0) is 278 Å². The van der Waals surface area contributed by atoms with Gasteiger partial charge in [-0.2, -0.15) is 39.5 Å². The summed E-state index contributed by atoms with van der Waals surface area (Å²) in [6.07, 6.45) is -0.894. The first kappa shape index (κ1) is 98.1. The molecule has 3 aromatic carbocycles. The van der Waals surface area contributed by atoms with E-state index in [2.05, 4.69) is 85.5 Å². The van der Waals surface area contributed by atoms with Crippen molar-refractivity contribution in [2.45, 2.75) is 149 Å². The summed E-state index contributed by atoms with van der Waals surface area (Å²) < 4.78 is 145. The van der Waals surface area contributed by atoms with Gasteiger partial charge in [-0.1, -0.05) is 47.6 Å². The second kappa shape index (κ2) is 43.4. The number of nitrogens with zero attached hydrogens (tertiary/aromatic N) is 11. The first-order valence-corrected chi connectivity index (χ1v) is 43.3. The minimum Gasteiger partial charge on any atom is -0.444 e. The summed E-state index contributed by atoms with van der Waals surface area (Å²) in [5.41, 5.74) is 5.37. The molecule has 6 fully saturated rings. The van der Waals surface area contributed by atoms with Gasteiger partial charge in [-0.3, -0.25) is 39.1 Å². The molecule has 0 unspecified atom stereocenters. The van der Waals surface area contributed by atoms with Crippen molar-refractivity contribution >= 4 is 76.0 Å². The van der Waals surface area contributed by atoms with Gasteiger partial charge in [-0.15, -0.1) is 6.42 Å². The topological polar surface area (TPSA) is 273 Å². The summed E-state index contributed by atoms with van der Waals surface area (Å²) in [6, 6.07) is 33.0. The van der Waals surface area contributed by atoms with Gasteiger partial charge in [0.15, 0.2) is 0 Å². The van der Waals surface area contributed by atoms with Crippen LogP contribution in [-0.2, 0) is 42.2 Å². The fourth-order valence-electron chi connectivity index (χ4n) is 14.9. The highest BCUT2D eigenvalue weighted by Crippen LogP contribution is 2.38. The molecule has 6 aliphatic rings. The summed E-state index contributed by atoms with van der Waals surface area (Å²) in [7, 11) is 0. The van der Waals surface area contributed by atoms with Gasteiger partial charge >= 0.3 is 30.7 Å². The van der Waals surface area contributed by atoms with E-state index in [4.69, 9.17) is 51.7 Å². The first-order chi connectivity index (χ1) is 62.7. The number of terminal acetylenes is 1. The molecule has 132 heavy (non-hydrogen) atoms. The lowest BCUT2D eigenvalue weighted by Crippen LogP contribution is -2.39. The second-order valence-corrected chi connectivity index (χ2v) is 34.2. The number of nitrogens with one attached hydrogen (secondary N) is 4. The fraction of sp³-hybridized carbons (Fsp3) is 0.392. The normalized spacial score (nSPS) is 16.9. The predicted molar refractivity (Wildman–Crippen MR) is 484 cm³/mol. The molecule has 15 rings (SSSR count). The van der Waals surface area contributed by atoms with Gasteiger partial charge in [0.05, 0.1) is 57.8 Å². The number of pyridine rings is 6. The van der Waals surface area contributed by atoms with Gasteiger partial charge in [-0.25, -0.2) is 24.5 Å². The summed E-state index contributed by atoms with van der Waals surface area (Å²) in [4.78, 5) is 96.4. The average Bonchev–Trinajstić information content (AvgIpc) is 1.09. The molecule has 694 valence electrons. The van der Waals surface area contributed by atoms with E-state index in [1.54, 1.807) is 46.2 Å². The number of alkyl halides is 9. The summed E-state index contributed by atoms with van der Waals surface area (Å²) in [5, 5.41) is 11.8. The van der Waals surface area contributed by atoms with Crippen LogP contribution >= 0.6 is 11.6 Å². The Labute approximate surface area is 764 Å². The van der Waals surface area contributed by atoms with Crippen LogP contribution in [0.25, 0.3) is 33.4 Å². The lowest BCUT2D eigenvalue weighted by atomic mass is 9.99. The minimum atomic E-state index is -4.67. The molecule has 0 saturated carbocycles. The minimum absolute atomic E-state index is 0.0788. The Bertz CT molecular complexity index is 5830. The number of hydrogen-bond acceptors (Lipinski definition) is 20. The highest BCUT2D eigenvalue weighted by molar-refractivity contribution is 6.29. The number of likely N-dealkylation sites (tertiary alicyclic amines) is 2. The molecule has 12 heterocycles. The molecule has 6 saturated heterocycles. The van der Waals surface area contributed by atoms with Crippen molar-refractivity contribution in [2.24, 2.45) is 0 Å². The molecule has 0 aliphatic carbocycles. The molecule has 35 heteroatoms. The molecule has 0 spiro atoms.